The van der Waals surface area contributed by atoms with Gasteiger partial charge in [0.05, 0.1) is 26.3 Å². The molecule has 3 heterocycles. The van der Waals surface area contributed by atoms with Crippen molar-refractivity contribution in [3.8, 4) is 17.2 Å². The van der Waals surface area contributed by atoms with Gasteiger partial charge in [0, 0.05) is 44.1 Å². The average molecular weight is 666 g/mol. The number of fused-ring (bicyclic) bond motifs is 1. The zero-order chi connectivity index (χ0) is 30.1. The summed E-state index contributed by atoms with van der Waals surface area (Å²) in [5.74, 6) is -0.419. The summed E-state index contributed by atoms with van der Waals surface area (Å²) < 4.78 is 53.1. The molecule has 0 radical (unpaired) electrons. The van der Waals surface area contributed by atoms with E-state index in [0.717, 1.165) is 11.1 Å². The van der Waals surface area contributed by atoms with Gasteiger partial charge in [-0.2, -0.15) is 17.9 Å². The molecule has 4 aromatic rings. The Morgan fingerprint density at radius 1 is 0.911 bits per heavy atom. The van der Waals surface area contributed by atoms with E-state index in [9.17, 15) is 18.0 Å². The number of ketones is 1. The number of piperazine rings is 1. The minimum Gasteiger partial charge on any atom is -0.496 e. The van der Waals surface area contributed by atoms with Crippen molar-refractivity contribution in [1.82, 2.24) is 30.0 Å². The second-order valence-corrected chi connectivity index (χ2v) is 10.8. The molecule has 45 heavy (non-hydrogen) atoms. The highest BCUT2D eigenvalue weighted by Gasteiger charge is 2.45. The Labute approximate surface area is 271 Å². The first-order valence-corrected chi connectivity index (χ1v) is 14.0. The molecule has 0 unspecified atom stereocenters. The molecular weight excluding hydrogens is 632 g/mol. The first-order chi connectivity index (χ1) is 20.8. The maximum absolute atomic E-state index is 13.7. The Morgan fingerprint density at radius 3 is 2.13 bits per heavy atom. The van der Waals surface area contributed by atoms with Crippen LogP contribution in [0.25, 0.3) is 5.69 Å². The number of ether oxygens (including phenoxy) is 2. The lowest BCUT2D eigenvalue weighted by molar-refractivity contribution is -0.146. The molecule has 1 aromatic heterocycles. The number of rotatable bonds is 8. The van der Waals surface area contributed by atoms with E-state index in [-0.39, 0.29) is 60.0 Å². The molecule has 0 saturated carbocycles. The molecule has 14 heteroatoms. The number of carbonyl (C=O) groups excluding carboxylic acids is 1. The highest BCUT2D eigenvalue weighted by atomic mass is 35.5. The van der Waals surface area contributed by atoms with Gasteiger partial charge in [0.1, 0.15) is 17.2 Å². The lowest BCUT2D eigenvalue weighted by Crippen LogP contribution is -2.58. The second-order valence-electron chi connectivity index (χ2n) is 10.8. The predicted molar refractivity (Wildman–Crippen MR) is 166 cm³/mol. The van der Waals surface area contributed by atoms with Crippen molar-refractivity contribution < 1.29 is 27.4 Å². The topological polar surface area (TPSA) is 85.6 Å². The molecule has 240 valence electrons. The number of halogens is 5. The summed E-state index contributed by atoms with van der Waals surface area (Å²) in [5.41, 5.74) is 2.91. The van der Waals surface area contributed by atoms with E-state index in [1.807, 2.05) is 36.4 Å². The maximum Gasteiger partial charge on any atom is 0.453 e. The lowest BCUT2D eigenvalue weighted by Gasteiger charge is -2.46. The average Bonchev–Trinajstić information content (AvgIpc) is 3.65. The molecule has 0 N–H and O–H groups in total. The van der Waals surface area contributed by atoms with Crippen LogP contribution in [-0.4, -0.2) is 81.7 Å². The van der Waals surface area contributed by atoms with Crippen LogP contribution in [0.5, 0.6) is 11.5 Å². The van der Waals surface area contributed by atoms with Crippen molar-refractivity contribution in [2.45, 2.75) is 37.1 Å². The van der Waals surface area contributed by atoms with E-state index in [2.05, 4.69) is 49.6 Å². The van der Waals surface area contributed by atoms with Gasteiger partial charge in [-0.25, -0.2) is 0 Å². The monoisotopic (exact) mass is 664 g/mol. The first kappa shape index (κ1) is 34.2. The van der Waals surface area contributed by atoms with E-state index in [1.54, 1.807) is 6.07 Å². The Morgan fingerprint density at radius 2 is 1.56 bits per heavy atom. The maximum atomic E-state index is 13.7. The number of methoxy groups -OCH3 is 2. The van der Waals surface area contributed by atoms with Crippen molar-refractivity contribution in [3.63, 3.8) is 0 Å². The molecule has 2 atom stereocenters. The third-order valence-electron chi connectivity index (χ3n) is 8.29. The number of alkyl halides is 3. The summed E-state index contributed by atoms with van der Waals surface area (Å²) in [6.45, 7) is 1.91. The molecule has 0 spiro atoms. The van der Waals surface area contributed by atoms with Crippen LogP contribution in [0.4, 0.5) is 13.2 Å². The molecule has 2 saturated heterocycles. The molecule has 2 fully saturated rings. The fraction of sp³-hybridized carbons (Fsp3) is 0.355. The van der Waals surface area contributed by atoms with Crippen LogP contribution in [0, 0.1) is 0 Å². The van der Waals surface area contributed by atoms with E-state index in [1.165, 1.54) is 20.3 Å². The van der Waals surface area contributed by atoms with Crippen LogP contribution >= 0.6 is 24.8 Å². The van der Waals surface area contributed by atoms with Gasteiger partial charge < -0.3 is 9.47 Å². The largest absolute Gasteiger partial charge is 0.496 e. The number of hydrogen-bond acceptors (Lipinski definition) is 8. The summed E-state index contributed by atoms with van der Waals surface area (Å²) >= 11 is 0. The third kappa shape index (κ3) is 6.79. The number of Topliss-reactive ketones (excluding diaryl/α,β-unsaturated/α-hetero) is 1. The molecule has 2 aliphatic rings. The standard InChI is InChI=1S/C31H31F3N6O3.2ClH/c1-42-27-14-13-25(40-30(31(32,33)34)35-36-37-40)29(43-2)24(27)18-38-16-22-15-23(41)17-39(22)26(19-38)28(20-9-5-3-6-10-20)21-11-7-4-8-12-21;;/h3-14,22,26,28H,15-19H2,1-2H3;2*1H/t22-,26-;;/m0../s1. The quantitative estimate of drug-likeness (QED) is 0.254. The molecule has 0 bridgehead atoms. The normalized spacial score (nSPS) is 18.7. The number of aromatic nitrogens is 4. The van der Waals surface area contributed by atoms with Gasteiger partial charge in [0.2, 0.25) is 0 Å². The minimum atomic E-state index is -4.77. The number of tetrazole rings is 1. The van der Waals surface area contributed by atoms with Gasteiger partial charge in [-0.05, 0) is 33.7 Å². The second kappa shape index (κ2) is 14.2. The fourth-order valence-corrected chi connectivity index (χ4v) is 6.54. The summed E-state index contributed by atoms with van der Waals surface area (Å²) in [7, 11) is 2.91. The molecule has 6 rings (SSSR count). The molecule has 3 aromatic carbocycles. The molecule has 0 amide bonds. The zero-order valence-corrected chi connectivity index (χ0v) is 26.2. The van der Waals surface area contributed by atoms with Crippen molar-refractivity contribution in [1.29, 1.82) is 0 Å². The first-order valence-electron chi connectivity index (χ1n) is 14.0. The van der Waals surface area contributed by atoms with Crippen LogP contribution in [0.3, 0.4) is 0 Å². The van der Waals surface area contributed by atoms with E-state index in [0.29, 0.717) is 48.6 Å². The number of hydrogen-bond donors (Lipinski definition) is 0. The third-order valence-corrected chi connectivity index (χ3v) is 8.29. The molecule has 2 aliphatic heterocycles. The van der Waals surface area contributed by atoms with E-state index in [4.69, 9.17) is 9.47 Å². The highest BCUT2D eigenvalue weighted by molar-refractivity contribution is 5.85. The SMILES string of the molecule is COc1ccc(-n2nnnc2C(F)(F)F)c(OC)c1CN1C[C@@H]2CC(=O)CN2[C@H](C(c2ccccc2)c2ccccc2)C1.Cl.Cl. The highest BCUT2D eigenvalue weighted by Crippen LogP contribution is 2.41. The van der Waals surface area contributed by atoms with Crippen LogP contribution in [0.2, 0.25) is 0 Å². The van der Waals surface area contributed by atoms with E-state index >= 15 is 0 Å². The van der Waals surface area contributed by atoms with Gasteiger partial charge in [0.25, 0.3) is 5.82 Å². The smallest absolute Gasteiger partial charge is 0.453 e. The van der Waals surface area contributed by atoms with Gasteiger partial charge in [-0.3, -0.25) is 14.6 Å². The van der Waals surface area contributed by atoms with Crippen LogP contribution in [0.15, 0.2) is 72.8 Å². The van der Waals surface area contributed by atoms with Crippen LogP contribution in [-0.2, 0) is 17.5 Å². The zero-order valence-electron chi connectivity index (χ0n) is 24.6. The number of carbonyl (C=O) groups is 1. The van der Waals surface area contributed by atoms with Gasteiger partial charge >= 0.3 is 6.18 Å². The Kier molecular flexibility index (Phi) is 10.7. The van der Waals surface area contributed by atoms with Gasteiger partial charge in [0.15, 0.2) is 5.75 Å². The summed E-state index contributed by atoms with van der Waals surface area (Å²) in [6.07, 6.45) is -4.33. The molecular formula is C31H33Cl2F3N6O3. The Bertz CT molecular complexity index is 1550. The molecule has 0 aliphatic carbocycles. The minimum absolute atomic E-state index is 0. The molecule has 9 nitrogen and oxygen atoms in total. The Hall–Kier alpha value is -3.71. The summed E-state index contributed by atoms with van der Waals surface area (Å²) in [6, 6.07) is 23.5. The van der Waals surface area contributed by atoms with Crippen molar-refractivity contribution in [2.75, 3.05) is 33.9 Å². The summed E-state index contributed by atoms with van der Waals surface area (Å²) in [4.78, 5) is 17.4. The van der Waals surface area contributed by atoms with E-state index < -0.39 is 12.0 Å². The number of benzene rings is 3. The fourth-order valence-electron chi connectivity index (χ4n) is 6.54. The van der Waals surface area contributed by atoms with Gasteiger partial charge in [-0.15, -0.1) is 29.9 Å². The van der Waals surface area contributed by atoms with Crippen molar-refractivity contribution in [2.24, 2.45) is 0 Å². The number of nitrogens with zero attached hydrogens (tertiary/aromatic N) is 6. The Balaban J connectivity index is 0.00000230. The van der Waals surface area contributed by atoms with Crippen molar-refractivity contribution in [3.05, 3.63) is 95.3 Å². The van der Waals surface area contributed by atoms with Crippen LogP contribution in [0.1, 0.15) is 34.9 Å². The van der Waals surface area contributed by atoms with Gasteiger partial charge in [-0.1, -0.05) is 60.7 Å². The van der Waals surface area contributed by atoms with Crippen molar-refractivity contribution >= 4 is 30.6 Å². The lowest BCUT2D eigenvalue weighted by atomic mass is 9.82. The summed E-state index contributed by atoms with van der Waals surface area (Å²) in [5, 5.41) is 10.1. The van der Waals surface area contributed by atoms with Crippen LogP contribution < -0.4 is 9.47 Å². The predicted octanol–water partition coefficient (Wildman–Crippen LogP) is 5.20.